The van der Waals surface area contributed by atoms with Crippen molar-refractivity contribution < 1.29 is 12.8 Å². The van der Waals surface area contributed by atoms with Gasteiger partial charge in [0, 0.05) is 12.4 Å². The van der Waals surface area contributed by atoms with Crippen molar-refractivity contribution in [2.24, 2.45) is 0 Å². The zero-order valence-electron chi connectivity index (χ0n) is 10.1. The third-order valence-electron chi connectivity index (χ3n) is 2.52. The van der Waals surface area contributed by atoms with E-state index >= 15 is 0 Å². The van der Waals surface area contributed by atoms with Gasteiger partial charge >= 0.3 is 0 Å². The third-order valence-corrected chi connectivity index (χ3v) is 4.14. The lowest BCUT2D eigenvalue weighted by Gasteiger charge is -2.13. The number of nitrogens with one attached hydrogen (secondary N) is 2. The summed E-state index contributed by atoms with van der Waals surface area (Å²) in [5.41, 5.74) is 5.38. The van der Waals surface area contributed by atoms with Gasteiger partial charge in [0.15, 0.2) is 0 Å². The first-order valence-corrected chi connectivity index (χ1v) is 6.95. The molecule has 0 amide bonds. The van der Waals surface area contributed by atoms with Crippen molar-refractivity contribution in [3.63, 3.8) is 0 Å². The van der Waals surface area contributed by atoms with Crippen LogP contribution in [-0.4, -0.2) is 18.4 Å². The molecule has 0 bridgehead atoms. The number of nitrogens with two attached hydrogens (primary N) is 1. The van der Waals surface area contributed by atoms with E-state index in [4.69, 9.17) is 5.73 Å². The van der Waals surface area contributed by atoms with E-state index in [2.05, 4.69) is 14.7 Å². The van der Waals surface area contributed by atoms with Gasteiger partial charge in [-0.3, -0.25) is 0 Å². The standard InChI is InChI=1S/C11H13FN4O2S/c1-7(11-14-4-5-15-11)16-19(17,18)10-3-2-8(12)6-9(10)13/h2-7,16H,13H2,1H3,(H,14,15). The first kappa shape index (κ1) is 13.5. The molecule has 4 N–H and O–H groups in total. The molecule has 6 nitrogen and oxygen atoms in total. The van der Waals surface area contributed by atoms with Crippen LogP contribution in [0.15, 0.2) is 35.5 Å². The van der Waals surface area contributed by atoms with Gasteiger partial charge in [-0.05, 0) is 25.1 Å². The van der Waals surface area contributed by atoms with Gasteiger partial charge in [-0.25, -0.2) is 22.5 Å². The number of hydrogen-bond donors (Lipinski definition) is 3. The summed E-state index contributed by atoms with van der Waals surface area (Å²) in [4.78, 5) is 6.60. The van der Waals surface area contributed by atoms with Crippen LogP contribution < -0.4 is 10.5 Å². The summed E-state index contributed by atoms with van der Waals surface area (Å²) in [5.74, 6) is -0.111. The van der Waals surface area contributed by atoms with Gasteiger partial charge in [0.05, 0.1) is 11.7 Å². The summed E-state index contributed by atoms with van der Waals surface area (Å²) >= 11 is 0. The fourth-order valence-corrected chi connectivity index (χ4v) is 2.95. The molecule has 102 valence electrons. The molecule has 2 aromatic rings. The van der Waals surface area contributed by atoms with Gasteiger partial charge in [-0.2, -0.15) is 0 Å². The molecule has 0 aliphatic rings. The van der Waals surface area contributed by atoms with Crippen LogP contribution in [0.4, 0.5) is 10.1 Å². The second-order valence-corrected chi connectivity index (χ2v) is 5.68. The molecule has 0 saturated carbocycles. The summed E-state index contributed by atoms with van der Waals surface area (Å²) < 4.78 is 39.6. The fraction of sp³-hybridized carbons (Fsp3) is 0.182. The SMILES string of the molecule is CC(NS(=O)(=O)c1ccc(F)cc1N)c1ncc[nH]1. The van der Waals surface area contributed by atoms with Crippen molar-refractivity contribution in [2.45, 2.75) is 17.9 Å². The molecule has 2 rings (SSSR count). The van der Waals surface area contributed by atoms with Crippen molar-refractivity contribution in [2.75, 3.05) is 5.73 Å². The molecule has 1 unspecified atom stereocenters. The van der Waals surface area contributed by atoms with E-state index in [1.54, 1.807) is 13.1 Å². The van der Waals surface area contributed by atoms with Crippen molar-refractivity contribution in [3.05, 3.63) is 42.2 Å². The number of aromatic nitrogens is 2. The molecule has 0 fully saturated rings. The van der Waals surface area contributed by atoms with Crippen LogP contribution in [-0.2, 0) is 10.0 Å². The Morgan fingerprint density at radius 1 is 1.47 bits per heavy atom. The van der Waals surface area contributed by atoms with Crippen molar-refractivity contribution in [1.82, 2.24) is 14.7 Å². The minimum absolute atomic E-state index is 0.140. The highest BCUT2D eigenvalue weighted by molar-refractivity contribution is 7.89. The minimum Gasteiger partial charge on any atom is -0.398 e. The number of nitrogen functional groups attached to an aromatic ring is 1. The second-order valence-electron chi connectivity index (χ2n) is 4.00. The predicted octanol–water partition coefficient (Wildman–Crippen LogP) is 1.17. The van der Waals surface area contributed by atoms with Crippen LogP contribution in [0.2, 0.25) is 0 Å². The topological polar surface area (TPSA) is 101 Å². The highest BCUT2D eigenvalue weighted by Gasteiger charge is 2.22. The molecule has 1 aromatic carbocycles. The Morgan fingerprint density at radius 3 is 2.79 bits per heavy atom. The molecule has 1 aromatic heterocycles. The first-order valence-electron chi connectivity index (χ1n) is 5.47. The Balaban J connectivity index is 2.28. The highest BCUT2D eigenvalue weighted by Crippen LogP contribution is 2.21. The van der Waals surface area contributed by atoms with Gasteiger partial charge in [0.2, 0.25) is 10.0 Å². The monoisotopic (exact) mass is 284 g/mol. The molecule has 0 saturated heterocycles. The molecule has 8 heteroatoms. The lowest BCUT2D eigenvalue weighted by molar-refractivity contribution is 0.561. The van der Waals surface area contributed by atoms with E-state index in [0.717, 1.165) is 18.2 Å². The van der Waals surface area contributed by atoms with Crippen molar-refractivity contribution >= 4 is 15.7 Å². The van der Waals surface area contributed by atoms with Crippen molar-refractivity contribution in [1.29, 1.82) is 0 Å². The van der Waals surface area contributed by atoms with E-state index in [9.17, 15) is 12.8 Å². The van der Waals surface area contributed by atoms with Crippen LogP contribution in [0.1, 0.15) is 18.8 Å². The lowest BCUT2D eigenvalue weighted by Crippen LogP contribution is -2.28. The van der Waals surface area contributed by atoms with E-state index in [0.29, 0.717) is 5.82 Å². The van der Waals surface area contributed by atoms with E-state index in [1.165, 1.54) is 6.20 Å². The molecule has 19 heavy (non-hydrogen) atoms. The van der Waals surface area contributed by atoms with E-state index < -0.39 is 21.9 Å². The van der Waals surface area contributed by atoms with Gasteiger partial charge < -0.3 is 10.7 Å². The Bertz CT molecular complexity index is 670. The summed E-state index contributed by atoms with van der Waals surface area (Å²) in [6.07, 6.45) is 3.11. The maximum atomic E-state index is 12.9. The number of imidazole rings is 1. The number of nitrogens with zero attached hydrogens (tertiary/aromatic N) is 1. The summed E-state index contributed by atoms with van der Waals surface area (Å²) in [6.45, 7) is 1.64. The maximum Gasteiger partial charge on any atom is 0.243 e. The van der Waals surface area contributed by atoms with E-state index in [-0.39, 0.29) is 10.6 Å². The number of rotatable bonds is 4. The van der Waals surface area contributed by atoms with Gasteiger partial charge in [0.25, 0.3) is 0 Å². The molecular weight excluding hydrogens is 271 g/mol. The smallest absolute Gasteiger partial charge is 0.243 e. The molecule has 0 radical (unpaired) electrons. The maximum absolute atomic E-state index is 12.9. The molecule has 0 spiro atoms. The first-order chi connectivity index (χ1) is 8.90. The van der Waals surface area contributed by atoms with Crippen LogP contribution in [0.3, 0.4) is 0 Å². The number of aromatic amines is 1. The zero-order chi connectivity index (χ0) is 14.0. The summed E-state index contributed by atoms with van der Waals surface area (Å²) in [5, 5.41) is 0. The Kier molecular flexibility index (Phi) is 3.54. The molecule has 0 aliphatic carbocycles. The number of benzene rings is 1. The minimum atomic E-state index is -3.83. The average molecular weight is 284 g/mol. The average Bonchev–Trinajstić information content (AvgIpc) is 2.80. The normalized spacial score (nSPS) is 13.4. The van der Waals surface area contributed by atoms with E-state index in [1.807, 2.05) is 0 Å². The number of H-pyrrole nitrogens is 1. The number of anilines is 1. The van der Waals surface area contributed by atoms with Gasteiger partial charge in [0.1, 0.15) is 16.5 Å². The largest absolute Gasteiger partial charge is 0.398 e. The van der Waals surface area contributed by atoms with Crippen LogP contribution in [0.25, 0.3) is 0 Å². The van der Waals surface area contributed by atoms with Crippen LogP contribution >= 0.6 is 0 Å². The fourth-order valence-electron chi connectivity index (χ4n) is 1.63. The lowest BCUT2D eigenvalue weighted by atomic mass is 10.3. The Hall–Kier alpha value is -1.93. The van der Waals surface area contributed by atoms with Gasteiger partial charge in [-0.15, -0.1) is 0 Å². The molecule has 0 aliphatic heterocycles. The Morgan fingerprint density at radius 2 is 2.21 bits per heavy atom. The summed E-state index contributed by atoms with van der Waals surface area (Å²) in [6, 6.07) is 2.58. The second kappa shape index (κ2) is 4.98. The van der Waals surface area contributed by atoms with Crippen molar-refractivity contribution in [3.8, 4) is 0 Å². The Labute approximate surface area is 109 Å². The number of halogens is 1. The van der Waals surface area contributed by atoms with Gasteiger partial charge in [-0.1, -0.05) is 0 Å². The molecule has 1 atom stereocenters. The third kappa shape index (κ3) is 2.91. The van der Waals surface area contributed by atoms with Crippen LogP contribution in [0, 0.1) is 5.82 Å². The molecular formula is C11H13FN4O2S. The van der Waals surface area contributed by atoms with Crippen LogP contribution in [0.5, 0.6) is 0 Å². The summed E-state index contributed by atoms with van der Waals surface area (Å²) in [7, 11) is -3.83. The number of sulfonamides is 1. The highest BCUT2D eigenvalue weighted by atomic mass is 32.2. The number of hydrogen-bond acceptors (Lipinski definition) is 4. The quantitative estimate of drug-likeness (QED) is 0.733. The molecule has 1 heterocycles. The zero-order valence-corrected chi connectivity index (χ0v) is 10.9. The predicted molar refractivity (Wildman–Crippen MR) is 68.1 cm³/mol.